The topological polar surface area (TPSA) is 78.9 Å². The first-order chi connectivity index (χ1) is 8.66. The van der Waals surface area contributed by atoms with Gasteiger partial charge in [-0.3, -0.25) is 9.59 Å². The molecule has 2 heterocycles. The van der Waals surface area contributed by atoms with Crippen molar-refractivity contribution in [3.63, 3.8) is 0 Å². The number of amides is 1. The average molecular weight is 256 g/mol. The number of carboxylic acids is 1. The average Bonchev–Trinajstić information content (AvgIpc) is 2.38. The maximum atomic E-state index is 12.2. The van der Waals surface area contributed by atoms with Crippen molar-refractivity contribution >= 4 is 11.9 Å². The molecule has 1 amide bonds. The Morgan fingerprint density at radius 3 is 2.89 bits per heavy atom. The normalized spacial score (nSPS) is 29.0. The number of hydrogen-bond acceptors (Lipinski definition) is 4. The first-order valence-corrected chi connectivity index (χ1v) is 6.52. The van der Waals surface area contributed by atoms with E-state index in [1.54, 1.807) is 4.90 Å². The quantitative estimate of drug-likeness (QED) is 0.733. The van der Waals surface area contributed by atoms with Gasteiger partial charge in [-0.2, -0.15) is 0 Å². The highest BCUT2D eigenvalue weighted by Crippen LogP contribution is 2.14. The van der Waals surface area contributed by atoms with Crippen molar-refractivity contribution in [3.05, 3.63) is 0 Å². The van der Waals surface area contributed by atoms with Gasteiger partial charge >= 0.3 is 5.97 Å². The molecule has 2 aliphatic heterocycles. The maximum Gasteiger partial charge on any atom is 0.306 e. The molecule has 6 nitrogen and oxygen atoms in total. The van der Waals surface area contributed by atoms with Crippen LogP contribution < -0.4 is 5.32 Å². The van der Waals surface area contributed by atoms with Gasteiger partial charge in [0.1, 0.15) is 0 Å². The Bertz CT molecular complexity index is 315. The van der Waals surface area contributed by atoms with Gasteiger partial charge in [0.05, 0.1) is 25.2 Å². The number of carboxylic acid groups (broad SMARTS) is 1. The number of carbonyl (C=O) groups is 2. The number of nitrogens with zero attached hydrogens (tertiary/aromatic N) is 1. The van der Waals surface area contributed by atoms with Gasteiger partial charge in [0, 0.05) is 13.1 Å². The number of rotatable bonds is 3. The van der Waals surface area contributed by atoms with E-state index in [1.807, 2.05) is 0 Å². The minimum absolute atomic E-state index is 0.0398. The Balaban J connectivity index is 1.87. The lowest BCUT2D eigenvalue weighted by atomic mass is 10.0. The van der Waals surface area contributed by atoms with Gasteiger partial charge in [-0.1, -0.05) is 6.42 Å². The largest absolute Gasteiger partial charge is 0.481 e. The van der Waals surface area contributed by atoms with E-state index in [0.717, 1.165) is 25.8 Å². The van der Waals surface area contributed by atoms with Crippen molar-refractivity contribution in [2.45, 2.75) is 37.8 Å². The summed E-state index contributed by atoms with van der Waals surface area (Å²) in [5.74, 6) is -0.793. The summed E-state index contributed by atoms with van der Waals surface area (Å²) in [6.45, 7) is 2.27. The molecule has 2 N–H and O–H groups in total. The second kappa shape index (κ2) is 6.15. The van der Waals surface area contributed by atoms with Gasteiger partial charge < -0.3 is 20.1 Å². The number of carbonyl (C=O) groups excluding carboxylic acids is 1. The molecule has 0 aliphatic carbocycles. The zero-order valence-corrected chi connectivity index (χ0v) is 10.4. The van der Waals surface area contributed by atoms with Crippen molar-refractivity contribution in [1.29, 1.82) is 0 Å². The van der Waals surface area contributed by atoms with Crippen LogP contribution in [0, 0.1) is 0 Å². The van der Waals surface area contributed by atoms with Crippen LogP contribution in [0.4, 0.5) is 0 Å². The molecule has 2 saturated heterocycles. The van der Waals surface area contributed by atoms with Crippen LogP contribution in [0.15, 0.2) is 0 Å². The number of hydrogen-bond donors (Lipinski definition) is 2. The summed E-state index contributed by atoms with van der Waals surface area (Å²) in [7, 11) is 0. The predicted octanol–water partition coefficient (Wildman–Crippen LogP) is -0.169. The summed E-state index contributed by atoms with van der Waals surface area (Å²) in [4.78, 5) is 24.6. The second-order valence-corrected chi connectivity index (χ2v) is 4.88. The van der Waals surface area contributed by atoms with Crippen LogP contribution in [0.2, 0.25) is 0 Å². The molecular formula is C12H20N2O4. The smallest absolute Gasteiger partial charge is 0.306 e. The molecule has 2 aliphatic rings. The highest BCUT2D eigenvalue weighted by molar-refractivity contribution is 5.82. The standard InChI is InChI=1S/C12H20N2O4/c15-11(16)7-9-8-14(5-6-18-9)12(17)10-3-1-2-4-13-10/h9-10,13H,1-8H2,(H,15,16). The number of morpholine rings is 1. The third-order valence-electron chi connectivity index (χ3n) is 3.46. The van der Waals surface area contributed by atoms with Gasteiger partial charge in [-0.05, 0) is 19.4 Å². The molecule has 0 bridgehead atoms. The molecule has 6 heteroatoms. The molecule has 0 aromatic carbocycles. The van der Waals surface area contributed by atoms with Crippen LogP contribution >= 0.6 is 0 Å². The molecule has 2 rings (SSSR count). The van der Waals surface area contributed by atoms with Crippen LogP contribution in [0.5, 0.6) is 0 Å². The van der Waals surface area contributed by atoms with E-state index in [-0.39, 0.29) is 24.5 Å². The lowest BCUT2D eigenvalue weighted by Crippen LogP contribution is -2.54. The monoisotopic (exact) mass is 256 g/mol. The molecule has 2 unspecified atom stereocenters. The Labute approximate surface area is 106 Å². The highest BCUT2D eigenvalue weighted by Gasteiger charge is 2.30. The number of nitrogens with one attached hydrogen (secondary N) is 1. The van der Waals surface area contributed by atoms with Crippen LogP contribution in [-0.4, -0.2) is 60.3 Å². The lowest BCUT2D eigenvalue weighted by molar-refractivity contribution is -0.149. The fourth-order valence-electron chi connectivity index (χ4n) is 2.52. The van der Waals surface area contributed by atoms with Crippen LogP contribution in [0.1, 0.15) is 25.7 Å². The summed E-state index contributed by atoms with van der Waals surface area (Å²) in [5.41, 5.74) is 0. The minimum Gasteiger partial charge on any atom is -0.481 e. The van der Waals surface area contributed by atoms with Crippen molar-refractivity contribution in [2.75, 3.05) is 26.2 Å². The fraction of sp³-hybridized carbons (Fsp3) is 0.833. The molecule has 0 aromatic rings. The van der Waals surface area contributed by atoms with Crippen LogP contribution in [-0.2, 0) is 14.3 Å². The molecule has 2 atom stereocenters. The van der Waals surface area contributed by atoms with E-state index >= 15 is 0 Å². The van der Waals surface area contributed by atoms with Crippen LogP contribution in [0.25, 0.3) is 0 Å². The van der Waals surface area contributed by atoms with Gasteiger partial charge in [0.15, 0.2) is 0 Å². The third kappa shape index (κ3) is 3.43. The van der Waals surface area contributed by atoms with Crippen molar-refractivity contribution in [2.24, 2.45) is 0 Å². The Hall–Kier alpha value is -1.14. The Morgan fingerprint density at radius 1 is 1.39 bits per heavy atom. The SMILES string of the molecule is O=C(O)CC1CN(C(=O)C2CCCCN2)CCO1. The first-order valence-electron chi connectivity index (χ1n) is 6.52. The molecule has 102 valence electrons. The van der Waals surface area contributed by atoms with Gasteiger partial charge in [-0.15, -0.1) is 0 Å². The summed E-state index contributed by atoms with van der Waals surface area (Å²) in [5, 5.41) is 12.0. The number of ether oxygens (including phenoxy) is 1. The summed E-state index contributed by atoms with van der Waals surface area (Å²) in [6.07, 6.45) is 2.66. The Morgan fingerprint density at radius 2 is 2.22 bits per heavy atom. The second-order valence-electron chi connectivity index (χ2n) is 4.88. The minimum atomic E-state index is -0.884. The van der Waals surface area contributed by atoms with Crippen LogP contribution in [0.3, 0.4) is 0 Å². The molecule has 0 spiro atoms. The molecule has 2 fully saturated rings. The zero-order chi connectivity index (χ0) is 13.0. The number of aliphatic carboxylic acids is 1. The molecule has 0 aromatic heterocycles. The van der Waals surface area contributed by atoms with Gasteiger partial charge in [0.25, 0.3) is 0 Å². The van der Waals surface area contributed by atoms with E-state index in [2.05, 4.69) is 5.32 Å². The third-order valence-corrected chi connectivity index (χ3v) is 3.46. The van der Waals surface area contributed by atoms with Gasteiger partial charge in [-0.25, -0.2) is 0 Å². The maximum absolute atomic E-state index is 12.2. The summed E-state index contributed by atoms with van der Waals surface area (Å²) in [6, 6.07) is -0.0951. The Kier molecular flexibility index (Phi) is 4.54. The summed E-state index contributed by atoms with van der Waals surface area (Å²) < 4.78 is 5.36. The van der Waals surface area contributed by atoms with E-state index < -0.39 is 5.97 Å². The fourth-order valence-corrected chi connectivity index (χ4v) is 2.52. The van der Waals surface area contributed by atoms with Gasteiger partial charge in [0.2, 0.25) is 5.91 Å². The van der Waals surface area contributed by atoms with E-state index in [9.17, 15) is 9.59 Å². The molecular weight excluding hydrogens is 236 g/mol. The lowest BCUT2D eigenvalue weighted by Gasteiger charge is -2.35. The molecule has 0 saturated carbocycles. The first kappa shape index (κ1) is 13.3. The molecule has 0 radical (unpaired) electrons. The van der Waals surface area contributed by atoms with Crippen molar-refractivity contribution in [3.8, 4) is 0 Å². The predicted molar refractivity (Wildman–Crippen MR) is 64.2 cm³/mol. The highest BCUT2D eigenvalue weighted by atomic mass is 16.5. The zero-order valence-electron chi connectivity index (χ0n) is 10.4. The van der Waals surface area contributed by atoms with Crippen molar-refractivity contribution in [1.82, 2.24) is 10.2 Å². The van der Waals surface area contributed by atoms with E-state index in [4.69, 9.17) is 9.84 Å². The van der Waals surface area contributed by atoms with Crippen molar-refractivity contribution < 1.29 is 19.4 Å². The number of piperidine rings is 1. The van der Waals surface area contributed by atoms with E-state index in [1.165, 1.54) is 0 Å². The van der Waals surface area contributed by atoms with E-state index in [0.29, 0.717) is 19.7 Å². The summed E-state index contributed by atoms with van der Waals surface area (Å²) >= 11 is 0. The molecule has 18 heavy (non-hydrogen) atoms.